The molecule has 0 radical (unpaired) electrons. The Hall–Kier alpha value is -2.32. The van der Waals surface area contributed by atoms with Gasteiger partial charge < -0.3 is 5.73 Å². The van der Waals surface area contributed by atoms with Crippen LogP contribution >= 0.6 is 11.6 Å². The second kappa shape index (κ2) is 5.58. The molecule has 0 unspecified atom stereocenters. The van der Waals surface area contributed by atoms with E-state index in [1.807, 2.05) is 0 Å². The Morgan fingerprint density at radius 2 is 1.90 bits per heavy atom. The van der Waals surface area contributed by atoms with Crippen molar-refractivity contribution in [2.75, 3.05) is 10.5 Å². The van der Waals surface area contributed by atoms with Gasteiger partial charge >= 0.3 is 0 Å². The maximum absolute atomic E-state index is 12.2. The molecule has 3 N–H and O–H groups in total. The number of anilines is 2. The quantitative estimate of drug-likeness (QED) is 0.508. The average molecular weight is 328 g/mol. The predicted octanol–water partition coefficient (Wildman–Crippen LogP) is 2.63. The van der Waals surface area contributed by atoms with Crippen molar-refractivity contribution in [1.82, 2.24) is 0 Å². The van der Waals surface area contributed by atoms with Crippen LogP contribution in [-0.4, -0.2) is 13.3 Å². The van der Waals surface area contributed by atoms with Gasteiger partial charge in [0.15, 0.2) is 4.90 Å². The number of rotatable bonds is 4. The Kier molecular flexibility index (Phi) is 4.01. The van der Waals surface area contributed by atoms with Crippen LogP contribution in [0.15, 0.2) is 47.4 Å². The molecule has 21 heavy (non-hydrogen) atoms. The number of sulfonamides is 1. The van der Waals surface area contributed by atoms with E-state index in [0.717, 1.165) is 12.1 Å². The number of benzene rings is 2. The van der Waals surface area contributed by atoms with Gasteiger partial charge in [-0.15, -0.1) is 0 Å². The molecule has 0 amide bonds. The van der Waals surface area contributed by atoms with E-state index in [1.54, 1.807) is 12.1 Å². The zero-order chi connectivity index (χ0) is 15.6. The SMILES string of the molecule is Nc1cccc(NS(=O)(=O)c2ccc(Cl)cc2[N+](=O)[O-])c1. The molecule has 0 aliphatic heterocycles. The summed E-state index contributed by atoms with van der Waals surface area (Å²) < 4.78 is 26.7. The van der Waals surface area contributed by atoms with Gasteiger partial charge in [-0.2, -0.15) is 0 Å². The first-order valence-corrected chi connectivity index (χ1v) is 7.48. The highest BCUT2D eigenvalue weighted by atomic mass is 35.5. The number of hydrogen-bond acceptors (Lipinski definition) is 5. The molecular weight excluding hydrogens is 318 g/mol. The number of nitrogen functional groups attached to an aromatic ring is 1. The molecule has 0 bridgehead atoms. The molecule has 0 atom stereocenters. The third kappa shape index (κ3) is 3.41. The van der Waals surface area contributed by atoms with Gasteiger partial charge in [0.05, 0.1) is 10.6 Å². The van der Waals surface area contributed by atoms with Crippen LogP contribution in [0.5, 0.6) is 0 Å². The number of nitro groups is 1. The number of hydrogen-bond donors (Lipinski definition) is 2. The van der Waals surface area contributed by atoms with Crippen LogP contribution in [0.4, 0.5) is 17.1 Å². The summed E-state index contributed by atoms with van der Waals surface area (Å²) in [4.78, 5) is 9.68. The molecule has 2 aromatic rings. The van der Waals surface area contributed by atoms with Crippen LogP contribution in [0.3, 0.4) is 0 Å². The van der Waals surface area contributed by atoms with Crippen molar-refractivity contribution in [3.63, 3.8) is 0 Å². The first-order chi connectivity index (χ1) is 9.79. The molecule has 0 aliphatic carbocycles. The molecule has 9 heteroatoms. The second-order valence-corrected chi connectivity index (χ2v) is 6.19. The van der Waals surface area contributed by atoms with E-state index in [0.29, 0.717) is 5.69 Å². The molecule has 0 aliphatic rings. The molecule has 0 saturated heterocycles. The highest BCUT2D eigenvalue weighted by molar-refractivity contribution is 7.92. The molecule has 0 saturated carbocycles. The minimum absolute atomic E-state index is 0.0737. The largest absolute Gasteiger partial charge is 0.399 e. The zero-order valence-electron chi connectivity index (χ0n) is 10.5. The van der Waals surface area contributed by atoms with E-state index in [1.165, 1.54) is 18.2 Å². The van der Waals surface area contributed by atoms with Gasteiger partial charge in [-0.1, -0.05) is 17.7 Å². The molecule has 110 valence electrons. The maximum atomic E-state index is 12.2. The van der Waals surface area contributed by atoms with Gasteiger partial charge in [0, 0.05) is 16.8 Å². The summed E-state index contributed by atoms with van der Waals surface area (Å²) in [5.74, 6) is 0. The van der Waals surface area contributed by atoms with Crippen molar-refractivity contribution in [3.8, 4) is 0 Å². The van der Waals surface area contributed by atoms with Crippen LogP contribution in [0, 0.1) is 10.1 Å². The summed E-state index contributed by atoms with van der Waals surface area (Å²) in [5, 5.41) is 11.0. The molecule has 2 rings (SSSR count). The monoisotopic (exact) mass is 327 g/mol. The van der Waals surface area contributed by atoms with Crippen LogP contribution < -0.4 is 10.5 Å². The fourth-order valence-corrected chi connectivity index (χ4v) is 3.04. The van der Waals surface area contributed by atoms with Crippen molar-refractivity contribution in [1.29, 1.82) is 0 Å². The first-order valence-electron chi connectivity index (χ1n) is 5.62. The van der Waals surface area contributed by atoms with E-state index < -0.39 is 25.5 Å². The summed E-state index contributed by atoms with van der Waals surface area (Å²) in [6.45, 7) is 0. The number of nitro benzene ring substituents is 1. The average Bonchev–Trinajstić information content (AvgIpc) is 2.37. The lowest BCUT2D eigenvalue weighted by Gasteiger charge is -2.09. The minimum Gasteiger partial charge on any atom is -0.399 e. The number of nitrogens with two attached hydrogens (primary N) is 1. The van der Waals surface area contributed by atoms with Gasteiger partial charge in [0.2, 0.25) is 0 Å². The van der Waals surface area contributed by atoms with Crippen molar-refractivity contribution >= 4 is 38.7 Å². The summed E-state index contributed by atoms with van der Waals surface area (Å²) in [6.07, 6.45) is 0. The summed E-state index contributed by atoms with van der Waals surface area (Å²) in [5.41, 5.74) is 5.52. The lowest BCUT2D eigenvalue weighted by atomic mass is 10.3. The van der Waals surface area contributed by atoms with Crippen LogP contribution in [0.2, 0.25) is 5.02 Å². The molecule has 0 fully saturated rings. The fourth-order valence-electron chi connectivity index (χ4n) is 1.67. The normalized spacial score (nSPS) is 11.1. The molecule has 7 nitrogen and oxygen atoms in total. The van der Waals surface area contributed by atoms with Gasteiger partial charge in [-0.3, -0.25) is 14.8 Å². The van der Waals surface area contributed by atoms with Crippen molar-refractivity contribution in [2.45, 2.75) is 4.90 Å². The van der Waals surface area contributed by atoms with Gasteiger partial charge in [0.25, 0.3) is 15.7 Å². The third-order valence-electron chi connectivity index (χ3n) is 2.55. The molecule has 0 aromatic heterocycles. The van der Waals surface area contributed by atoms with Gasteiger partial charge in [0.1, 0.15) is 0 Å². The van der Waals surface area contributed by atoms with Crippen LogP contribution in [0.25, 0.3) is 0 Å². The topological polar surface area (TPSA) is 115 Å². The maximum Gasteiger partial charge on any atom is 0.291 e. The van der Waals surface area contributed by atoms with Crippen molar-refractivity contribution in [3.05, 3.63) is 57.6 Å². The smallest absolute Gasteiger partial charge is 0.291 e. The zero-order valence-corrected chi connectivity index (χ0v) is 12.1. The minimum atomic E-state index is -4.13. The van der Waals surface area contributed by atoms with E-state index in [4.69, 9.17) is 17.3 Å². The van der Waals surface area contributed by atoms with Crippen molar-refractivity contribution in [2.24, 2.45) is 0 Å². The van der Waals surface area contributed by atoms with Gasteiger partial charge in [-0.05, 0) is 30.3 Å². The van der Waals surface area contributed by atoms with E-state index in [9.17, 15) is 18.5 Å². The molecular formula is C12H10ClN3O4S. The fraction of sp³-hybridized carbons (Fsp3) is 0. The lowest BCUT2D eigenvalue weighted by Crippen LogP contribution is -2.14. The number of halogens is 1. The first kappa shape index (κ1) is 15.1. The Morgan fingerprint density at radius 3 is 2.52 bits per heavy atom. The Labute approximate surface area is 125 Å². The Morgan fingerprint density at radius 1 is 1.19 bits per heavy atom. The summed E-state index contributed by atoms with van der Waals surface area (Å²) >= 11 is 5.66. The number of nitrogens with zero attached hydrogens (tertiary/aromatic N) is 1. The number of nitrogens with one attached hydrogen (secondary N) is 1. The molecule has 2 aromatic carbocycles. The third-order valence-corrected chi connectivity index (χ3v) is 4.21. The van der Waals surface area contributed by atoms with Crippen LogP contribution in [0.1, 0.15) is 0 Å². The molecule has 0 spiro atoms. The van der Waals surface area contributed by atoms with E-state index >= 15 is 0 Å². The highest BCUT2D eigenvalue weighted by Crippen LogP contribution is 2.28. The van der Waals surface area contributed by atoms with Crippen LogP contribution in [-0.2, 0) is 10.0 Å². The summed E-state index contributed by atoms with van der Waals surface area (Å²) in [7, 11) is -4.13. The highest BCUT2D eigenvalue weighted by Gasteiger charge is 2.26. The van der Waals surface area contributed by atoms with E-state index in [2.05, 4.69) is 4.72 Å². The molecule has 0 heterocycles. The Balaban J connectivity index is 2.47. The Bertz CT molecular complexity index is 808. The standard InChI is InChI=1S/C12H10ClN3O4S/c13-8-4-5-12(11(6-8)16(17)18)21(19,20)15-10-3-1-2-9(14)7-10/h1-7,15H,14H2. The summed E-state index contributed by atoms with van der Waals surface area (Å²) in [6, 6.07) is 9.36. The van der Waals surface area contributed by atoms with Crippen molar-refractivity contribution < 1.29 is 13.3 Å². The second-order valence-electron chi connectivity index (χ2n) is 4.10. The van der Waals surface area contributed by atoms with Gasteiger partial charge in [-0.25, -0.2) is 8.42 Å². The lowest BCUT2D eigenvalue weighted by molar-refractivity contribution is -0.387. The van der Waals surface area contributed by atoms with E-state index in [-0.39, 0.29) is 10.7 Å². The predicted molar refractivity (Wildman–Crippen MR) is 79.8 cm³/mol.